The molecule has 0 spiro atoms. The molecule has 0 N–H and O–H groups in total. The maximum absolute atomic E-state index is 5.73. The smallest absolute Gasteiger partial charge is 0.150 e. The van der Waals surface area contributed by atoms with Gasteiger partial charge in [-0.2, -0.15) is 0 Å². The van der Waals surface area contributed by atoms with E-state index in [0.717, 1.165) is 15.0 Å². The van der Waals surface area contributed by atoms with Crippen LogP contribution in [0.15, 0.2) is 46.9 Å². The van der Waals surface area contributed by atoms with Gasteiger partial charge in [-0.3, -0.25) is 0 Å². The van der Waals surface area contributed by atoms with E-state index in [1.54, 1.807) is 23.1 Å². The Morgan fingerprint density at radius 3 is 2.82 bits per heavy atom. The number of hydrogen-bond donors (Lipinski definition) is 0. The first-order chi connectivity index (χ1) is 8.38. The fourth-order valence-corrected chi connectivity index (χ4v) is 3.23. The van der Waals surface area contributed by atoms with Crippen LogP contribution in [0, 0.1) is 0 Å². The molecule has 1 heterocycles. The standard InChI is InChI=1S/C13H12ClNS2/c14-9-12-10-15-13(17-12)16-8-4-7-11-5-2-1-3-6-11/h1-7,10H,8-9H2/b7-4+. The molecule has 1 nitrogen and oxygen atoms in total. The monoisotopic (exact) mass is 281 g/mol. The minimum Gasteiger partial charge on any atom is -0.238 e. The molecule has 0 amide bonds. The predicted molar refractivity (Wildman–Crippen MR) is 77.9 cm³/mol. The molecule has 0 unspecified atom stereocenters. The van der Waals surface area contributed by atoms with Crippen LogP contribution in [-0.4, -0.2) is 10.7 Å². The number of benzene rings is 1. The SMILES string of the molecule is ClCc1cnc(SC/C=C/c2ccccc2)s1. The fourth-order valence-electron chi connectivity index (χ4n) is 1.29. The van der Waals surface area contributed by atoms with Gasteiger partial charge in [-0.15, -0.1) is 22.9 Å². The highest BCUT2D eigenvalue weighted by Gasteiger charge is 1.99. The van der Waals surface area contributed by atoms with Crippen LogP contribution in [-0.2, 0) is 5.88 Å². The summed E-state index contributed by atoms with van der Waals surface area (Å²) in [4.78, 5) is 5.42. The van der Waals surface area contributed by atoms with E-state index < -0.39 is 0 Å². The second-order valence-electron chi connectivity index (χ2n) is 3.35. The van der Waals surface area contributed by atoms with E-state index in [-0.39, 0.29) is 0 Å². The summed E-state index contributed by atoms with van der Waals surface area (Å²) in [5.74, 6) is 1.49. The highest BCUT2D eigenvalue weighted by molar-refractivity contribution is 8.01. The molecule has 2 rings (SSSR count). The molecule has 1 aromatic heterocycles. The molecule has 4 heteroatoms. The maximum Gasteiger partial charge on any atom is 0.150 e. The van der Waals surface area contributed by atoms with Crippen LogP contribution >= 0.6 is 34.7 Å². The second-order valence-corrected chi connectivity index (χ2v) is 6.00. The average Bonchev–Trinajstić information content (AvgIpc) is 2.84. The van der Waals surface area contributed by atoms with Gasteiger partial charge in [-0.05, 0) is 5.56 Å². The molecule has 0 aliphatic carbocycles. The molecule has 0 aliphatic rings. The summed E-state index contributed by atoms with van der Waals surface area (Å²) in [6, 6.07) is 10.3. The molecular weight excluding hydrogens is 270 g/mol. The number of nitrogens with zero attached hydrogens (tertiary/aromatic N) is 1. The van der Waals surface area contributed by atoms with Gasteiger partial charge in [-0.1, -0.05) is 54.2 Å². The number of rotatable bonds is 5. The summed E-state index contributed by atoms with van der Waals surface area (Å²) in [6.07, 6.45) is 6.13. The summed E-state index contributed by atoms with van der Waals surface area (Å²) in [7, 11) is 0. The Bertz CT molecular complexity index is 479. The van der Waals surface area contributed by atoms with Crippen LogP contribution < -0.4 is 0 Å². The van der Waals surface area contributed by atoms with Crippen LogP contribution in [0.25, 0.3) is 6.08 Å². The number of thioether (sulfide) groups is 1. The number of thiazole rings is 1. The Kier molecular flexibility index (Phi) is 5.10. The predicted octanol–water partition coefficient (Wildman–Crippen LogP) is 4.69. The first kappa shape index (κ1) is 12.7. The minimum atomic E-state index is 0.554. The van der Waals surface area contributed by atoms with Crippen molar-refractivity contribution < 1.29 is 0 Å². The molecule has 1 aromatic carbocycles. The Morgan fingerprint density at radius 2 is 2.12 bits per heavy atom. The molecular formula is C13H12ClNS2. The van der Waals surface area contributed by atoms with Crippen molar-refractivity contribution in [2.45, 2.75) is 10.2 Å². The summed E-state index contributed by atoms with van der Waals surface area (Å²) in [5, 5.41) is 0. The molecule has 88 valence electrons. The van der Waals surface area contributed by atoms with E-state index in [4.69, 9.17) is 11.6 Å². The number of alkyl halides is 1. The van der Waals surface area contributed by atoms with Gasteiger partial charge in [0.25, 0.3) is 0 Å². The van der Waals surface area contributed by atoms with Crippen molar-refractivity contribution in [2.24, 2.45) is 0 Å². The average molecular weight is 282 g/mol. The summed E-state index contributed by atoms with van der Waals surface area (Å²) >= 11 is 9.13. The largest absolute Gasteiger partial charge is 0.238 e. The molecule has 2 aromatic rings. The second kappa shape index (κ2) is 6.84. The first-order valence-corrected chi connectivity index (χ1v) is 7.57. The van der Waals surface area contributed by atoms with Crippen molar-refractivity contribution in [1.82, 2.24) is 4.98 Å². The van der Waals surface area contributed by atoms with Gasteiger partial charge in [0.05, 0.1) is 5.88 Å². The zero-order chi connectivity index (χ0) is 11.9. The van der Waals surface area contributed by atoms with E-state index in [1.807, 2.05) is 24.4 Å². The van der Waals surface area contributed by atoms with Gasteiger partial charge < -0.3 is 0 Å². The van der Waals surface area contributed by atoms with Gasteiger partial charge in [0, 0.05) is 16.8 Å². The number of aromatic nitrogens is 1. The molecule has 0 saturated carbocycles. The fraction of sp³-hybridized carbons (Fsp3) is 0.154. The van der Waals surface area contributed by atoms with Crippen molar-refractivity contribution in [3.8, 4) is 0 Å². The van der Waals surface area contributed by atoms with E-state index in [2.05, 4.69) is 29.3 Å². The first-order valence-electron chi connectivity index (χ1n) is 5.23. The Labute approximate surface area is 115 Å². The topological polar surface area (TPSA) is 12.9 Å². The third-order valence-corrected chi connectivity index (χ3v) is 4.63. The van der Waals surface area contributed by atoms with E-state index in [9.17, 15) is 0 Å². The Morgan fingerprint density at radius 1 is 1.29 bits per heavy atom. The molecule has 0 bridgehead atoms. The van der Waals surface area contributed by atoms with Crippen molar-refractivity contribution in [2.75, 3.05) is 5.75 Å². The Balaban J connectivity index is 1.81. The van der Waals surface area contributed by atoms with Gasteiger partial charge in [0.2, 0.25) is 0 Å². The quantitative estimate of drug-likeness (QED) is 0.583. The molecule has 0 fully saturated rings. The molecule has 0 radical (unpaired) electrons. The normalized spacial score (nSPS) is 11.1. The van der Waals surface area contributed by atoms with Crippen LogP contribution in [0.5, 0.6) is 0 Å². The summed E-state index contributed by atoms with van der Waals surface area (Å²) in [6.45, 7) is 0. The lowest BCUT2D eigenvalue weighted by molar-refractivity contribution is 1.24. The minimum absolute atomic E-state index is 0.554. The molecule has 17 heavy (non-hydrogen) atoms. The van der Waals surface area contributed by atoms with Crippen molar-refractivity contribution in [3.05, 3.63) is 53.0 Å². The van der Waals surface area contributed by atoms with Gasteiger partial charge in [0.15, 0.2) is 0 Å². The van der Waals surface area contributed by atoms with E-state index >= 15 is 0 Å². The zero-order valence-corrected chi connectivity index (χ0v) is 11.6. The molecule has 0 atom stereocenters. The highest BCUT2D eigenvalue weighted by atomic mass is 35.5. The van der Waals surface area contributed by atoms with Crippen LogP contribution in [0.4, 0.5) is 0 Å². The number of halogens is 1. The van der Waals surface area contributed by atoms with Crippen LogP contribution in [0.1, 0.15) is 10.4 Å². The molecule has 0 aliphatic heterocycles. The third kappa shape index (κ3) is 4.19. The third-order valence-electron chi connectivity index (χ3n) is 2.08. The lowest BCUT2D eigenvalue weighted by atomic mass is 10.2. The van der Waals surface area contributed by atoms with Gasteiger partial charge in [-0.25, -0.2) is 4.98 Å². The summed E-state index contributed by atoms with van der Waals surface area (Å²) in [5.41, 5.74) is 1.23. The maximum atomic E-state index is 5.73. The highest BCUT2D eigenvalue weighted by Crippen LogP contribution is 2.25. The van der Waals surface area contributed by atoms with Gasteiger partial charge in [0.1, 0.15) is 4.34 Å². The van der Waals surface area contributed by atoms with Crippen LogP contribution in [0.3, 0.4) is 0 Å². The Hall–Kier alpha value is -0.770. The van der Waals surface area contributed by atoms with Crippen molar-refractivity contribution in [1.29, 1.82) is 0 Å². The lowest BCUT2D eigenvalue weighted by Gasteiger charge is -1.92. The lowest BCUT2D eigenvalue weighted by Crippen LogP contribution is -1.72. The molecule has 0 saturated heterocycles. The van der Waals surface area contributed by atoms with Crippen LogP contribution in [0.2, 0.25) is 0 Å². The van der Waals surface area contributed by atoms with E-state index in [0.29, 0.717) is 5.88 Å². The van der Waals surface area contributed by atoms with Crippen molar-refractivity contribution in [3.63, 3.8) is 0 Å². The van der Waals surface area contributed by atoms with Crippen molar-refractivity contribution >= 4 is 40.8 Å². The van der Waals surface area contributed by atoms with Gasteiger partial charge >= 0.3 is 0 Å². The zero-order valence-electron chi connectivity index (χ0n) is 9.17. The summed E-state index contributed by atoms with van der Waals surface area (Å²) < 4.78 is 1.08. The van der Waals surface area contributed by atoms with E-state index in [1.165, 1.54) is 5.56 Å². The number of hydrogen-bond acceptors (Lipinski definition) is 3.